The molecule has 0 spiro atoms. The first kappa shape index (κ1) is 13.1. The Balaban J connectivity index is 3.02. The van der Waals surface area contributed by atoms with Crippen LogP contribution < -0.4 is 11.3 Å². The highest BCUT2D eigenvalue weighted by atomic mass is 15.2. The van der Waals surface area contributed by atoms with Crippen LogP contribution >= 0.6 is 0 Å². The van der Waals surface area contributed by atoms with E-state index in [1.165, 1.54) is 5.56 Å². The number of rotatable bonds is 6. The molecule has 16 heavy (non-hydrogen) atoms. The average Bonchev–Trinajstić information content (AvgIpc) is 2.35. The van der Waals surface area contributed by atoms with Crippen LogP contribution in [-0.2, 0) is 6.42 Å². The maximum absolute atomic E-state index is 5.69. The Kier molecular flexibility index (Phi) is 5.43. The van der Waals surface area contributed by atoms with Crippen molar-refractivity contribution in [2.75, 3.05) is 0 Å². The molecule has 1 unspecified atom stereocenters. The van der Waals surface area contributed by atoms with Crippen LogP contribution in [-0.4, -0.2) is 4.98 Å². The van der Waals surface area contributed by atoms with Gasteiger partial charge in [-0.2, -0.15) is 0 Å². The molecule has 0 radical (unpaired) electrons. The highest BCUT2D eigenvalue weighted by molar-refractivity contribution is 5.23. The summed E-state index contributed by atoms with van der Waals surface area (Å²) in [6, 6.07) is 4.30. The third kappa shape index (κ3) is 2.80. The predicted octanol–water partition coefficient (Wildman–Crippen LogP) is 2.58. The summed E-state index contributed by atoms with van der Waals surface area (Å²) in [5, 5.41) is 0. The van der Waals surface area contributed by atoms with Crippen molar-refractivity contribution < 1.29 is 0 Å². The van der Waals surface area contributed by atoms with Gasteiger partial charge in [0, 0.05) is 6.20 Å². The summed E-state index contributed by atoms with van der Waals surface area (Å²) in [6.07, 6.45) is 5.08. The van der Waals surface area contributed by atoms with Gasteiger partial charge < -0.3 is 0 Å². The monoisotopic (exact) mass is 221 g/mol. The Labute approximate surface area is 98.4 Å². The smallest absolute Gasteiger partial charge is 0.0662 e. The lowest BCUT2D eigenvalue weighted by molar-refractivity contribution is 0.337. The van der Waals surface area contributed by atoms with Gasteiger partial charge in [-0.15, -0.1) is 0 Å². The van der Waals surface area contributed by atoms with Gasteiger partial charge in [0.15, 0.2) is 0 Å². The van der Waals surface area contributed by atoms with Gasteiger partial charge in [0.1, 0.15) is 0 Å². The molecule has 0 saturated carbocycles. The minimum Gasteiger partial charge on any atom is -0.271 e. The number of hydrazine groups is 1. The first-order valence-corrected chi connectivity index (χ1v) is 6.18. The standard InChI is InChI=1S/C13H23N3/c1-4-10(5-2)13(16-14)12-11(6-3)8-7-9-15-12/h7-10,13,16H,4-6,14H2,1-3H3. The summed E-state index contributed by atoms with van der Waals surface area (Å²) < 4.78 is 0. The molecule has 1 rings (SSSR count). The number of hydrogen-bond acceptors (Lipinski definition) is 3. The van der Waals surface area contributed by atoms with Gasteiger partial charge in [-0.25, -0.2) is 0 Å². The molecule has 3 heteroatoms. The van der Waals surface area contributed by atoms with Crippen molar-refractivity contribution in [1.82, 2.24) is 10.4 Å². The van der Waals surface area contributed by atoms with Gasteiger partial charge >= 0.3 is 0 Å². The highest BCUT2D eigenvalue weighted by Gasteiger charge is 2.22. The zero-order valence-electron chi connectivity index (χ0n) is 10.5. The second-order valence-electron chi connectivity index (χ2n) is 4.12. The predicted molar refractivity (Wildman–Crippen MR) is 67.8 cm³/mol. The minimum absolute atomic E-state index is 0.172. The molecule has 0 aromatic carbocycles. The van der Waals surface area contributed by atoms with E-state index >= 15 is 0 Å². The fourth-order valence-electron chi connectivity index (χ4n) is 2.23. The number of nitrogens with zero attached hydrogens (tertiary/aromatic N) is 1. The molecule has 3 N–H and O–H groups in total. The van der Waals surface area contributed by atoms with Crippen molar-refractivity contribution in [3.63, 3.8) is 0 Å². The van der Waals surface area contributed by atoms with Gasteiger partial charge in [0.05, 0.1) is 11.7 Å². The maximum atomic E-state index is 5.69. The van der Waals surface area contributed by atoms with Crippen LogP contribution in [0, 0.1) is 5.92 Å². The number of pyridine rings is 1. The SMILES string of the molecule is CCc1cccnc1C(NN)C(CC)CC. The van der Waals surface area contributed by atoms with Gasteiger partial charge in [-0.3, -0.25) is 16.3 Å². The topological polar surface area (TPSA) is 50.9 Å². The Hall–Kier alpha value is -0.930. The molecular weight excluding hydrogens is 198 g/mol. The second-order valence-corrected chi connectivity index (χ2v) is 4.12. The molecule has 0 aliphatic rings. The normalized spacial score (nSPS) is 13.1. The van der Waals surface area contributed by atoms with E-state index in [2.05, 4.69) is 37.2 Å². The Morgan fingerprint density at radius 2 is 2.00 bits per heavy atom. The summed E-state index contributed by atoms with van der Waals surface area (Å²) in [7, 11) is 0. The molecule has 0 bridgehead atoms. The summed E-state index contributed by atoms with van der Waals surface area (Å²) in [5.41, 5.74) is 5.33. The first-order valence-electron chi connectivity index (χ1n) is 6.18. The first-order chi connectivity index (χ1) is 7.78. The van der Waals surface area contributed by atoms with E-state index in [4.69, 9.17) is 5.84 Å². The quantitative estimate of drug-likeness (QED) is 0.573. The Bertz CT molecular complexity index is 308. The molecule has 0 aliphatic heterocycles. The van der Waals surface area contributed by atoms with Crippen molar-refractivity contribution in [1.29, 1.82) is 0 Å². The molecule has 1 aromatic heterocycles. The molecule has 0 aliphatic carbocycles. The van der Waals surface area contributed by atoms with E-state index in [9.17, 15) is 0 Å². The van der Waals surface area contributed by atoms with E-state index in [-0.39, 0.29) is 6.04 Å². The van der Waals surface area contributed by atoms with Gasteiger partial charge in [-0.05, 0) is 24.0 Å². The van der Waals surface area contributed by atoms with E-state index < -0.39 is 0 Å². The molecule has 1 heterocycles. The fraction of sp³-hybridized carbons (Fsp3) is 0.615. The lowest BCUT2D eigenvalue weighted by atomic mass is 9.89. The number of nitrogens with one attached hydrogen (secondary N) is 1. The van der Waals surface area contributed by atoms with Crippen LogP contribution in [0.15, 0.2) is 18.3 Å². The second kappa shape index (κ2) is 6.61. The molecule has 0 amide bonds. The average molecular weight is 221 g/mol. The summed E-state index contributed by atoms with van der Waals surface area (Å²) in [6.45, 7) is 6.56. The minimum atomic E-state index is 0.172. The van der Waals surface area contributed by atoms with E-state index in [0.29, 0.717) is 5.92 Å². The van der Waals surface area contributed by atoms with Crippen LogP contribution in [0.4, 0.5) is 0 Å². The summed E-state index contributed by atoms with van der Waals surface area (Å²) in [4.78, 5) is 4.50. The van der Waals surface area contributed by atoms with Gasteiger partial charge in [-0.1, -0.05) is 39.7 Å². The number of hydrogen-bond donors (Lipinski definition) is 2. The maximum Gasteiger partial charge on any atom is 0.0662 e. The summed E-state index contributed by atoms with van der Waals surface area (Å²) >= 11 is 0. The van der Waals surface area contributed by atoms with Crippen LogP contribution in [0.5, 0.6) is 0 Å². The van der Waals surface area contributed by atoms with Crippen LogP contribution in [0.3, 0.4) is 0 Å². The van der Waals surface area contributed by atoms with Crippen molar-refractivity contribution >= 4 is 0 Å². The van der Waals surface area contributed by atoms with Gasteiger partial charge in [0.2, 0.25) is 0 Å². The third-order valence-electron chi connectivity index (χ3n) is 3.30. The molecule has 90 valence electrons. The van der Waals surface area contributed by atoms with Crippen LogP contribution in [0.25, 0.3) is 0 Å². The van der Waals surface area contributed by atoms with E-state index in [1.807, 2.05) is 12.3 Å². The third-order valence-corrected chi connectivity index (χ3v) is 3.30. The zero-order chi connectivity index (χ0) is 12.0. The lowest BCUT2D eigenvalue weighted by Crippen LogP contribution is -2.34. The lowest BCUT2D eigenvalue weighted by Gasteiger charge is -2.25. The molecule has 3 nitrogen and oxygen atoms in total. The Morgan fingerprint density at radius 3 is 2.50 bits per heavy atom. The van der Waals surface area contributed by atoms with Crippen molar-refractivity contribution in [3.05, 3.63) is 29.6 Å². The van der Waals surface area contributed by atoms with E-state index in [0.717, 1.165) is 25.0 Å². The van der Waals surface area contributed by atoms with Crippen LogP contribution in [0.2, 0.25) is 0 Å². The van der Waals surface area contributed by atoms with Crippen LogP contribution in [0.1, 0.15) is 50.9 Å². The largest absolute Gasteiger partial charge is 0.271 e. The highest BCUT2D eigenvalue weighted by Crippen LogP contribution is 2.27. The molecule has 0 saturated heterocycles. The number of nitrogens with two attached hydrogens (primary N) is 1. The molecule has 1 aromatic rings. The summed E-state index contributed by atoms with van der Waals surface area (Å²) in [5.74, 6) is 6.24. The number of aromatic nitrogens is 1. The van der Waals surface area contributed by atoms with E-state index in [1.54, 1.807) is 0 Å². The molecule has 0 fully saturated rings. The fourth-order valence-corrected chi connectivity index (χ4v) is 2.23. The molecule has 1 atom stereocenters. The van der Waals surface area contributed by atoms with Gasteiger partial charge in [0.25, 0.3) is 0 Å². The zero-order valence-corrected chi connectivity index (χ0v) is 10.5. The number of aryl methyl sites for hydroxylation is 1. The Morgan fingerprint density at radius 1 is 1.31 bits per heavy atom. The van der Waals surface area contributed by atoms with Crippen molar-refractivity contribution in [3.8, 4) is 0 Å². The van der Waals surface area contributed by atoms with Crippen molar-refractivity contribution in [2.45, 2.75) is 46.1 Å². The molecular formula is C13H23N3. The van der Waals surface area contributed by atoms with Crippen molar-refractivity contribution in [2.24, 2.45) is 11.8 Å².